The second-order valence-corrected chi connectivity index (χ2v) is 1.46. The zero-order valence-electron chi connectivity index (χ0n) is 3.42. The summed E-state index contributed by atoms with van der Waals surface area (Å²) in [5, 5.41) is 0. The molecule has 0 saturated carbocycles. The Labute approximate surface area is 56.9 Å². The van der Waals surface area contributed by atoms with Crippen LogP contribution in [0.15, 0.2) is 0 Å². The molecule has 0 fully saturated rings. The standard InChI is InChI=1S/C2HF3INO/c3-2(4,5)1(8)7-6/h(H,7,8). The minimum absolute atomic E-state index is 1.12. The van der Waals surface area contributed by atoms with Crippen LogP contribution in [0.5, 0.6) is 0 Å². The quantitative estimate of drug-likeness (QED) is 0.496. The fourth-order valence-corrected chi connectivity index (χ4v) is 0.359. The number of halogens is 4. The lowest BCUT2D eigenvalue weighted by atomic mass is 10.6. The maximum atomic E-state index is 11.0. The summed E-state index contributed by atoms with van der Waals surface area (Å²) in [5.74, 6) is -1.93. The predicted octanol–water partition coefficient (Wildman–Crippen LogP) is 1.01. The van der Waals surface area contributed by atoms with Gasteiger partial charge in [0.25, 0.3) is 0 Å². The Kier molecular flexibility index (Phi) is 2.51. The van der Waals surface area contributed by atoms with Gasteiger partial charge in [0, 0.05) is 0 Å². The fourth-order valence-electron chi connectivity index (χ4n) is 0.0536. The monoisotopic (exact) mass is 239 g/mol. The van der Waals surface area contributed by atoms with Gasteiger partial charge in [-0.3, -0.25) is 8.32 Å². The van der Waals surface area contributed by atoms with Gasteiger partial charge in [-0.2, -0.15) is 13.2 Å². The van der Waals surface area contributed by atoms with Gasteiger partial charge in [0.05, 0.1) is 22.9 Å². The number of hydrogen-bond donors (Lipinski definition) is 1. The van der Waals surface area contributed by atoms with Crippen molar-refractivity contribution in [2.45, 2.75) is 6.18 Å². The summed E-state index contributed by atoms with van der Waals surface area (Å²) in [5.41, 5.74) is 0. The average molecular weight is 239 g/mol. The lowest BCUT2D eigenvalue weighted by Crippen LogP contribution is -2.30. The maximum Gasteiger partial charge on any atom is 0.471 e. The first-order valence-electron chi connectivity index (χ1n) is 1.46. The lowest BCUT2D eigenvalue weighted by molar-refractivity contribution is -0.170. The Morgan fingerprint density at radius 1 is 1.50 bits per heavy atom. The number of carbonyl (C=O) groups excluding carboxylic acids is 1. The first kappa shape index (κ1) is 7.99. The highest BCUT2D eigenvalue weighted by atomic mass is 127. The molecule has 0 spiro atoms. The molecule has 8 heavy (non-hydrogen) atoms. The first-order valence-corrected chi connectivity index (χ1v) is 2.54. The molecular weight excluding hydrogens is 238 g/mol. The zero-order chi connectivity index (χ0) is 6.78. The summed E-state index contributed by atoms with van der Waals surface area (Å²) in [7, 11) is 0. The van der Waals surface area contributed by atoms with Crippen molar-refractivity contribution in [2.75, 3.05) is 0 Å². The second-order valence-electron chi connectivity index (χ2n) is 0.921. The molecule has 0 rings (SSSR count). The molecule has 6 heteroatoms. The molecule has 0 unspecified atom stereocenters. The van der Waals surface area contributed by atoms with Crippen LogP contribution < -0.4 is 3.53 Å². The first-order chi connectivity index (χ1) is 3.48. The SMILES string of the molecule is O=C(NI)C(F)(F)F. The molecule has 0 atom stereocenters. The van der Waals surface area contributed by atoms with Crippen molar-refractivity contribution >= 4 is 28.8 Å². The van der Waals surface area contributed by atoms with Gasteiger partial charge in [-0.25, -0.2) is 0 Å². The van der Waals surface area contributed by atoms with Crippen LogP contribution in [0.1, 0.15) is 0 Å². The van der Waals surface area contributed by atoms with E-state index in [4.69, 9.17) is 0 Å². The normalized spacial score (nSPS) is 11.0. The highest BCUT2D eigenvalue weighted by molar-refractivity contribution is 14.1. The van der Waals surface area contributed by atoms with Crippen molar-refractivity contribution in [2.24, 2.45) is 0 Å². The number of carbonyl (C=O) groups is 1. The largest absolute Gasteiger partial charge is 0.471 e. The number of hydrogen-bond acceptors (Lipinski definition) is 1. The average Bonchev–Trinajstić information content (AvgIpc) is 1.62. The molecule has 0 saturated heterocycles. The van der Waals surface area contributed by atoms with Crippen molar-refractivity contribution in [1.82, 2.24) is 3.53 Å². The summed E-state index contributed by atoms with van der Waals surface area (Å²) in [4.78, 5) is 9.59. The van der Waals surface area contributed by atoms with E-state index in [9.17, 15) is 18.0 Å². The summed E-state index contributed by atoms with van der Waals surface area (Å²) in [6, 6.07) is 0. The van der Waals surface area contributed by atoms with Gasteiger partial charge in [0.15, 0.2) is 0 Å². The van der Waals surface area contributed by atoms with E-state index in [1.165, 1.54) is 3.53 Å². The van der Waals surface area contributed by atoms with Crippen LogP contribution in [0.2, 0.25) is 0 Å². The third kappa shape index (κ3) is 2.34. The number of nitrogens with one attached hydrogen (secondary N) is 1. The van der Waals surface area contributed by atoms with Gasteiger partial charge in [0.2, 0.25) is 0 Å². The summed E-state index contributed by atoms with van der Waals surface area (Å²) in [6.07, 6.45) is -4.75. The fraction of sp³-hybridized carbons (Fsp3) is 0.500. The molecule has 2 nitrogen and oxygen atoms in total. The molecule has 0 radical (unpaired) electrons. The van der Waals surface area contributed by atoms with E-state index in [1.54, 1.807) is 0 Å². The summed E-state index contributed by atoms with van der Waals surface area (Å²) < 4.78 is 34.5. The van der Waals surface area contributed by atoms with Crippen LogP contribution in [0.25, 0.3) is 0 Å². The van der Waals surface area contributed by atoms with E-state index >= 15 is 0 Å². The Morgan fingerprint density at radius 3 is 1.88 bits per heavy atom. The van der Waals surface area contributed by atoms with E-state index in [1.807, 2.05) is 0 Å². The molecule has 0 aliphatic carbocycles. The van der Waals surface area contributed by atoms with Crippen LogP contribution >= 0.6 is 22.9 Å². The van der Waals surface area contributed by atoms with E-state index in [-0.39, 0.29) is 0 Å². The van der Waals surface area contributed by atoms with Crippen LogP contribution in [0, 0.1) is 0 Å². The van der Waals surface area contributed by atoms with Crippen molar-refractivity contribution in [3.05, 3.63) is 0 Å². The number of amides is 1. The van der Waals surface area contributed by atoms with E-state index in [2.05, 4.69) is 0 Å². The Bertz CT molecular complexity index is 99.9. The molecule has 0 aromatic rings. The number of alkyl halides is 3. The van der Waals surface area contributed by atoms with Crippen molar-refractivity contribution in [1.29, 1.82) is 0 Å². The van der Waals surface area contributed by atoms with Gasteiger partial charge >= 0.3 is 12.1 Å². The molecule has 0 aromatic carbocycles. The van der Waals surface area contributed by atoms with Gasteiger partial charge in [-0.1, -0.05) is 0 Å². The second kappa shape index (κ2) is 2.51. The molecular formula is C2HF3INO. The van der Waals surface area contributed by atoms with Crippen LogP contribution in [-0.2, 0) is 4.79 Å². The van der Waals surface area contributed by atoms with E-state index in [0.717, 1.165) is 22.9 Å². The van der Waals surface area contributed by atoms with Gasteiger partial charge in [-0.05, 0) is 0 Å². The lowest BCUT2D eigenvalue weighted by Gasteiger charge is -1.99. The predicted molar refractivity (Wildman–Crippen MR) is 28.2 cm³/mol. The maximum absolute atomic E-state index is 11.0. The zero-order valence-corrected chi connectivity index (χ0v) is 5.58. The molecule has 0 heterocycles. The molecule has 48 valence electrons. The van der Waals surface area contributed by atoms with Crippen molar-refractivity contribution in [3.63, 3.8) is 0 Å². The third-order valence-electron chi connectivity index (χ3n) is 0.343. The van der Waals surface area contributed by atoms with Crippen molar-refractivity contribution < 1.29 is 18.0 Å². The molecule has 0 aliphatic heterocycles. The molecule has 1 N–H and O–H groups in total. The molecule has 1 amide bonds. The van der Waals surface area contributed by atoms with E-state index < -0.39 is 12.1 Å². The smallest absolute Gasteiger partial charge is 0.291 e. The molecule has 0 bridgehead atoms. The number of rotatable bonds is 0. The van der Waals surface area contributed by atoms with Gasteiger partial charge < -0.3 is 0 Å². The van der Waals surface area contributed by atoms with Crippen molar-refractivity contribution in [3.8, 4) is 0 Å². The third-order valence-corrected chi connectivity index (χ3v) is 0.833. The molecule has 0 aliphatic rings. The van der Waals surface area contributed by atoms with Crippen LogP contribution in [-0.4, -0.2) is 12.1 Å². The highest BCUT2D eigenvalue weighted by Gasteiger charge is 2.37. The minimum Gasteiger partial charge on any atom is -0.291 e. The van der Waals surface area contributed by atoms with Crippen LogP contribution in [0.4, 0.5) is 13.2 Å². The highest BCUT2D eigenvalue weighted by Crippen LogP contribution is 2.14. The molecule has 0 aromatic heterocycles. The topological polar surface area (TPSA) is 29.1 Å². The Morgan fingerprint density at radius 2 is 1.88 bits per heavy atom. The van der Waals surface area contributed by atoms with Gasteiger partial charge in [0.1, 0.15) is 0 Å². The van der Waals surface area contributed by atoms with Gasteiger partial charge in [-0.15, -0.1) is 0 Å². The Balaban J connectivity index is 3.82. The Hall–Kier alpha value is -0.0100. The van der Waals surface area contributed by atoms with E-state index in [0.29, 0.717) is 0 Å². The van der Waals surface area contributed by atoms with Crippen LogP contribution in [0.3, 0.4) is 0 Å². The minimum atomic E-state index is -4.75. The summed E-state index contributed by atoms with van der Waals surface area (Å²) in [6.45, 7) is 0. The summed E-state index contributed by atoms with van der Waals surface area (Å²) >= 11 is 1.12.